The predicted molar refractivity (Wildman–Crippen MR) is 118 cm³/mol. The summed E-state index contributed by atoms with van der Waals surface area (Å²) in [7, 11) is -1.25. The van der Waals surface area contributed by atoms with Crippen LogP contribution >= 0.6 is 0 Å². The van der Waals surface area contributed by atoms with Gasteiger partial charge in [0.25, 0.3) is 0 Å². The second kappa shape index (κ2) is 16.6. The van der Waals surface area contributed by atoms with Gasteiger partial charge in [0.15, 0.2) is 0 Å². The third-order valence-corrected chi connectivity index (χ3v) is 4.70. The van der Waals surface area contributed by atoms with Gasteiger partial charge in [-0.1, -0.05) is 56.1 Å². The molecule has 27 heavy (non-hydrogen) atoms. The largest absolute Gasteiger partial charge is 0.481 e. The van der Waals surface area contributed by atoms with Crippen LogP contribution in [0.3, 0.4) is 0 Å². The molecule has 0 heterocycles. The monoisotopic (exact) mass is 390 g/mol. The van der Waals surface area contributed by atoms with Gasteiger partial charge in [-0.2, -0.15) is 0 Å². The third-order valence-electron chi connectivity index (χ3n) is 3.77. The Balaban J connectivity index is 3.58. The first-order valence-electron chi connectivity index (χ1n) is 10.2. The number of unbranched alkanes of at least 4 members (excludes halogenated alkanes) is 2. The first-order valence-corrected chi connectivity index (χ1v) is 13.7. The molecular formula is C23H38O3Si. The fourth-order valence-corrected chi connectivity index (χ4v) is 2.99. The van der Waals surface area contributed by atoms with Crippen LogP contribution in [0.15, 0.2) is 36.5 Å². The molecule has 1 unspecified atom stereocenters. The highest BCUT2D eigenvalue weighted by Crippen LogP contribution is 2.08. The van der Waals surface area contributed by atoms with Crippen LogP contribution in [0.2, 0.25) is 19.6 Å². The molecule has 0 rings (SSSR count). The van der Waals surface area contributed by atoms with Crippen LogP contribution in [0, 0.1) is 11.5 Å². The Morgan fingerprint density at radius 3 is 2.11 bits per heavy atom. The fraction of sp³-hybridized carbons (Fsp3) is 0.609. The minimum Gasteiger partial charge on any atom is -0.481 e. The number of allylic oxidation sites excluding steroid dienone is 6. The van der Waals surface area contributed by atoms with Crippen LogP contribution in [-0.4, -0.2) is 30.4 Å². The van der Waals surface area contributed by atoms with Gasteiger partial charge in [0.2, 0.25) is 0 Å². The molecular weight excluding hydrogens is 352 g/mol. The van der Waals surface area contributed by atoms with Gasteiger partial charge in [0, 0.05) is 12.8 Å². The van der Waals surface area contributed by atoms with E-state index in [4.69, 9.17) is 5.11 Å². The molecule has 0 aromatic heterocycles. The van der Waals surface area contributed by atoms with E-state index in [1.165, 1.54) is 0 Å². The number of hydrogen-bond acceptors (Lipinski definition) is 2. The Morgan fingerprint density at radius 1 is 0.926 bits per heavy atom. The summed E-state index contributed by atoms with van der Waals surface area (Å²) < 4.78 is 0. The van der Waals surface area contributed by atoms with Gasteiger partial charge >= 0.3 is 5.97 Å². The van der Waals surface area contributed by atoms with E-state index >= 15 is 0 Å². The van der Waals surface area contributed by atoms with Crippen LogP contribution in [-0.2, 0) is 4.79 Å². The highest BCUT2D eigenvalue weighted by Gasteiger charge is 2.07. The summed E-state index contributed by atoms with van der Waals surface area (Å²) >= 11 is 0. The Kier molecular flexibility index (Phi) is 15.6. The summed E-state index contributed by atoms with van der Waals surface area (Å²) in [4.78, 5) is 10.4. The zero-order valence-corrected chi connectivity index (χ0v) is 18.4. The van der Waals surface area contributed by atoms with Gasteiger partial charge in [-0.15, -0.1) is 11.5 Å². The van der Waals surface area contributed by atoms with Crippen molar-refractivity contribution in [2.24, 2.45) is 0 Å². The lowest BCUT2D eigenvalue weighted by atomic mass is 10.1. The molecule has 0 saturated carbocycles. The van der Waals surface area contributed by atoms with Gasteiger partial charge in [0.05, 0.1) is 6.10 Å². The first kappa shape index (κ1) is 25.4. The van der Waals surface area contributed by atoms with Gasteiger partial charge < -0.3 is 10.2 Å². The number of carbonyl (C=O) groups is 1. The Hall–Kier alpha value is -1.57. The van der Waals surface area contributed by atoms with Crippen LogP contribution in [0.5, 0.6) is 0 Å². The maximum Gasteiger partial charge on any atom is 0.303 e. The van der Waals surface area contributed by atoms with Crippen molar-refractivity contribution in [3.8, 4) is 11.5 Å². The van der Waals surface area contributed by atoms with Crippen molar-refractivity contribution in [1.82, 2.24) is 0 Å². The summed E-state index contributed by atoms with van der Waals surface area (Å²) in [6.45, 7) is 6.74. The van der Waals surface area contributed by atoms with E-state index in [1.807, 2.05) is 6.08 Å². The Morgan fingerprint density at radius 2 is 1.52 bits per heavy atom. The van der Waals surface area contributed by atoms with Gasteiger partial charge in [-0.05, 0) is 51.4 Å². The average Bonchev–Trinajstić information content (AvgIpc) is 2.57. The lowest BCUT2D eigenvalue weighted by Crippen LogP contribution is -2.16. The van der Waals surface area contributed by atoms with Crippen LogP contribution in [0.4, 0.5) is 0 Å². The molecule has 0 aliphatic carbocycles. The molecule has 0 aliphatic heterocycles. The van der Waals surface area contributed by atoms with Crippen molar-refractivity contribution < 1.29 is 15.0 Å². The smallest absolute Gasteiger partial charge is 0.303 e. The average molecular weight is 391 g/mol. The summed E-state index contributed by atoms with van der Waals surface area (Å²) in [5.74, 6) is 2.52. The molecule has 2 N–H and O–H groups in total. The molecule has 0 saturated heterocycles. The van der Waals surface area contributed by atoms with Gasteiger partial charge in [-0.3, -0.25) is 4.79 Å². The number of rotatable bonds is 14. The van der Waals surface area contributed by atoms with E-state index in [1.54, 1.807) is 0 Å². The summed E-state index contributed by atoms with van der Waals surface area (Å²) in [5, 5.41) is 18.5. The minimum atomic E-state index is -1.25. The quantitative estimate of drug-likeness (QED) is 0.168. The number of aliphatic hydroxyl groups excluding tert-OH is 1. The third kappa shape index (κ3) is 22.4. The first-order chi connectivity index (χ1) is 12.8. The standard InChI is InChI=1S/C23H38O3Si/c1-27(2,3)21-17-13-15-19-22(24)18-14-11-9-7-5-4-6-8-10-12-16-20-23(25)26/h4-5,8-11,22,24H,6-7,12-16,18-20H2,1-3H3,(H,25,26)/b5-4-,10-8-,11-9-. The minimum absolute atomic E-state index is 0.217. The molecule has 4 heteroatoms. The van der Waals surface area contributed by atoms with E-state index in [2.05, 4.69) is 61.5 Å². The number of hydrogen-bond donors (Lipinski definition) is 2. The van der Waals surface area contributed by atoms with Crippen molar-refractivity contribution in [3.63, 3.8) is 0 Å². The number of carboxylic acid groups (broad SMARTS) is 1. The lowest BCUT2D eigenvalue weighted by molar-refractivity contribution is -0.137. The maximum atomic E-state index is 10.4. The van der Waals surface area contributed by atoms with Crippen LogP contribution in [0.25, 0.3) is 0 Å². The topological polar surface area (TPSA) is 57.5 Å². The van der Waals surface area contributed by atoms with Crippen molar-refractivity contribution >= 4 is 14.0 Å². The van der Waals surface area contributed by atoms with E-state index in [-0.39, 0.29) is 12.5 Å². The van der Waals surface area contributed by atoms with E-state index in [9.17, 15) is 9.90 Å². The summed E-state index contributed by atoms with van der Waals surface area (Å²) in [6.07, 6.45) is 20.5. The highest BCUT2D eigenvalue weighted by atomic mass is 28.3. The molecule has 0 aromatic carbocycles. The zero-order valence-electron chi connectivity index (χ0n) is 17.4. The van der Waals surface area contributed by atoms with Gasteiger partial charge in [-0.25, -0.2) is 0 Å². The molecule has 152 valence electrons. The van der Waals surface area contributed by atoms with E-state index in [0.717, 1.165) is 51.4 Å². The van der Waals surface area contributed by atoms with E-state index in [0.29, 0.717) is 6.42 Å². The van der Waals surface area contributed by atoms with Crippen molar-refractivity contribution in [3.05, 3.63) is 36.5 Å². The van der Waals surface area contributed by atoms with Crippen LogP contribution in [0.1, 0.15) is 64.2 Å². The molecule has 0 aliphatic rings. The SMILES string of the molecule is C[Si](C)(C)C#CCCCC(O)CC/C=C\C/C=C\C/C=C\CCCC(=O)O. The van der Waals surface area contributed by atoms with Crippen molar-refractivity contribution in [2.75, 3.05) is 0 Å². The maximum absolute atomic E-state index is 10.4. The number of aliphatic carboxylic acids is 1. The second-order valence-corrected chi connectivity index (χ2v) is 12.6. The van der Waals surface area contributed by atoms with E-state index < -0.39 is 14.0 Å². The molecule has 3 nitrogen and oxygen atoms in total. The lowest BCUT2D eigenvalue weighted by Gasteiger charge is -2.07. The zero-order chi connectivity index (χ0) is 20.4. The molecule has 1 atom stereocenters. The summed E-state index contributed by atoms with van der Waals surface area (Å²) in [6, 6.07) is 0. The number of aliphatic hydroxyl groups is 1. The molecule has 0 aromatic rings. The molecule has 0 amide bonds. The summed E-state index contributed by atoms with van der Waals surface area (Å²) in [5.41, 5.74) is 3.36. The molecule has 0 radical (unpaired) electrons. The Labute approximate surface area is 167 Å². The second-order valence-electron chi connectivity index (χ2n) is 7.85. The van der Waals surface area contributed by atoms with Crippen LogP contribution < -0.4 is 0 Å². The van der Waals surface area contributed by atoms with Gasteiger partial charge in [0.1, 0.15) is 8.07 Å². The molecule has 0 fully saturated rings. The van der Waals surface area contributed by atoms with Crippen molar-refractivity contribution in [2.45, 2.75) is 90.0 Å². The highest BCUT2D eigenvalue weighted by molar-refractivity contribution is 6.83. The Bertz CT molecular complexity index is 530. The molecule has 0 spiro atoms. The molecule has 0 bridgehead atoms. The normalized spacial score (nSPS) is 13.3. The van der Waals surface area contributed by atoms with Crippen molar-refractivity contribution in [1.29, 1.82) is 0 Å². The number of carboxylic acids is 1. The fourth-order valence-electron chi connectivity index (χ4n) is 2.34. The predicted octanol–water partition coefficient (Wildman–Crippen LogP) is 5.88.